The number of carbonyl (C=O) groups excluding carboxylic acids is 1. The zero-order valence-corrected chi connectivity index (χ0v) is 19.8. The van der Waals surface area contributed by atoms with Crippen molar-refractivity contribution in [1.29, 1.82) is 0 Å². The zero-order valence-electron chi connectivity index (χ0n) is 18.9. The molecule has 2 aliphatic heterocycles. The predicted molar refractivity (Wildman–Crippen MR) is 132 cm³/mol. The minimum absolute atomic E-state index is 0.125. The molecule has 0 radical (unpaired) electrons. The first-order valence-electron chi connectivity index (χ1n) is 11.7. The van der Waals surface area contributed by atoms with Gasteiger partial charge in [0.1, 0.15) is 0 Å². The first-order valence-corrected chi connectivity index (χ1v) is 13.1. The number of morpholine rings is 1. The second kappa shape index (κ2) is 9.69. The highest BCUT2D eigenvalue weighted by Crippen LogP contribution is 2.30. The molecule has 1 N–H and O–H groups in total. The summed E-state index contributed by atoms with van der Waals surface area (Å²) in [5, 5.41) is 3.83. The standard InChI is InChI=1S/C25H28N4O4S/c30-25(27-23-8-4-7-22-20(23)6-5-11-26-22)21-18-19(34(31,32)29-14-16-33-17-15-29)9-10-24(21)28-12-2-1-3-13-28/h4-11,18H,1-3,12-17H2,(H,27,30). The lowest BCUT2D eigenvalue weighted by atomic mass is 10.1. The third-order valence-electron chi connectivity index (χ3n) is 6.41. The Kier molecular flexibility index (Phi) is 6.49. The molecule has 0 spiro atoms. The van der Waals surface area contributed by atoms with Crippen molar-refractivity contribution >= 4 is 38.2 Å². The number of hydrogen-bond donors (Lipinski definition) is 1. The minimum atomic E-state index is -3.73. The van der Waals surface area contributed by atoms with Gasteiger partial charge >= 0.3 is 0 Å². The molecule has 9 heteroatoms. The topological polar surface area (TPSA) is 91.8 Å². The number of benzene rings is 2. The van der Waals surface area contributed by atoms with Gasteiger partial charge in [0.05, 0.1) is 34.9 Å². The molecule has 8 nitrogen and oxygen atoms in total. The number of aromatic nitrogens is 1. The van der Waals surface area contributed by atoms with Gasteiger partial charge in [0, 0.05) is 43.4 Å². The molecule has 2 aliphatic rings. The van der Waals surface area contributed by atoms with E-state index in [9.17, 15) is 13.2 Å². The van der Waals surface area contributed by atoms with Gasteiger partial charge in [-0.1, -0.05) is 6.07 Å². The third kappa shape index (κ3) is 4.51. The van der Waals surface area contributed by atoms with Gasteiger partial charge in [0.25, 0.3) is 5.91 Å². The molecule has 2 fully saturated rings. The van der Waals surface area contributed by atoms with E-state index in [1.54, 1.807) is 18.3 Å². The van der Waals surface area contributed by atoms with Crippen LogP contribution in [0.1, 0.15) is 29.6 Å². The first kappa shape index (κ1) is 22.8. The number of nitrogens with zero attached hydrogens (tertiary/aromatic N) is 3. The van der Waals surface area contributed by atoms with E-state index in [-0.39, 0.29) is 10.8 Å². The number of amides is 1. The molecule has 2 aromatic carbocycles. The largest absolute Gasteiger partial charge is 0.379 e. The summed E-state index contributed by atoms with van der Waals surface area (Å²) >= 11 is 0. The predicted octanol–water partition coefficient (Wildman–Crippen LogP) is 3.50. The molecular weight excluding hydrogens is 452 g/mol. The number of fused-ring (bicyclic) bond motifs is 1. The third-order valence-corrected chi connectivity index (χ3v) is 8.31. The van der Waals surface area contributed by atoms with E-state index < -0.39 is 10.0 Å². The number of ether oxygens (including phenoxy) is 1. The molecule has 0 atom stereocenters. The van der Waals surface area contributed by atoms with Crippen LogP contribution in [0.3, 0.4) is 0 Å². The Labute approximate surface area is 199 Å². The van der Waals surface area contributed by atoms with E-state index in [0.717, 1.165) is 48.9 Å². The van der Waals surface area contributed by atoms with Gasteiger partial charge in [-0.25, -0.2) is 8.42 Å². The molecule has 0 bridgehead atoms. The van der Waals surface area contributed by atoms with Crippen LogP contribution < -0.4 is 10.2 Å². The SMILES string of the molecule is O=C(Nc1cccc2ncccc12)c1cc(S(=O)(=O)N2CCOCC2)ccc1N1CCCCC1. The first-order chi connectivity index (χ1) is 16.5. The molecule has 178 valence electrons. The summed E-state index contributed by atoms with van der Waals surface area (Å²) in [5.74, 6) is -0.337. The second-order valence-electron chi connectivity index (χ2n) is 8.57. The lowest BCUT2D eigenvalue weighted by Crippen LogP contribution is -2.40. The molecule has 3 heterocycles. The smallest absolute Gasteiger partial charge is 0.257 e. The summed E-state index contributed by atoms with van der Waals surface area (Å²) in [6.45, 7) is 3.03. The average molecular weight is 481 g/mol. The average Bonchev–Trinajstić information content (AvgIpc) is 2.89. The van der Waals surface area contributed by atoms with Crippen LogP contribution in [0.15, 0.2) is 59.6 Å². The lowest BCUT2D eigenvalue weighted by molar-refractivity contribution is 0.0730. The van der Waals surface area contributed by atoms with Crippen molar-refractivity contribution in [2.24, 2.45) is 0 Å². The van der Waals surface area contributed by atoms with Gasteiger partial charge in [0.2, 0.25) is 10.0 Å². The van der Waals surface area contributed by atoms with Gasteiger partial charge in [-0.2, -0.15) is 4.31 Å². The maximum Gasteiger partial charge on any atom is 0.257 e. The van der Waals surface area contributed by atoms with Crippen molar-refractivity contribution in [3.8, 4) is 0 Å². The molecule has 0 unspecified atom stereocenters. The molecule has 3 aromatic rings. The number of carbonyl (C=O) groups is 1. The molecule has 0 saturated carbocycles. The van der Waals surface area contributed by atoms with Gasteiger partial charge in [0.15, 0.2) is 0 Å². The normalized spacial score (nSPS) is 17.6. The van der Waals surface area contributed by atoms with E-state index in [4.69, 9.17) is 4.74 Å². The molecule has 5 rings (SSSR count). The van der Waals surface area contributed by atoms with E-state index in [1.165, 1.54) is 10.4 Å². The van der Waals surface area contributed by atoms with Crippen LogP contribution in [-0.2, 0) is 14.8 Å². The summed E-state index contributed by atoms with van der Waals surface area (Å²) in [6.07, 6.45) is 4.96. The monoisotopic (exact) mass is 480 g/mol. The van der Waals surface area contributed by atoms with Gasteiger partial charge in [-0.05, 0) is 61.7 Å². The molecule has 1 aromatic heterocycles. The van der Waals surface area contributed by atoms with Crippen LogP contribution >= 0.6 is 0 Å². The Morgan fingerprint density at radius 1 is 0.941 bits per heavy atom. The van der Waals surface area contributed by atoms with Crippen molar-refractivity contribution in [1.82, 2.24) is 9.29 Å². The number of piperidine rings is 1. The molecule has 2 saturated heterocycles. The summed E-state index contributed by atoms with van der Waals surface area (Å²) in [5.41, 5.74) is 2.54. The van der Waals surface area contributed by atoms with E-state index in [1.807, 2.05) is 30.3 Å². The summed E-state index contributed by atoms with van der Waals surface area (Å²) in [7, 11) is -3.73. The Morgan fingerprint density at radius 3 is 2.53 bits per heavy atom. The van der Waals surface area contributed by atoms with Gasteiger partial charge < -0.3 is 15.0 Å². The highest BCUT2D eigenvalue weighted by atomic mass is 32.2. The van der Waals surface area contributed by atoms with Crippen molar-refractivity contribution in [2.75, 3.05) is 49.6 Å². The Bertz CT molecular complexity index is 1290. The van der Waals surface area contributed by atoms with Crippen molar-refractivity contribution in [3.05, 3.63) is 60.3 Å². The molecule has 34 heavy (non-hydrogen) atoms. The minimum Gasteiger partial charge on any atom is -0.379 e. The van der Waals surface area contributed by atoms with Crippen LogP contribution in [0, 0.1) is 0 Å². The second-order valence-corrected chi connectivity index (χ2v) is 10.5. The molecule has 0 aliphatic carbocycles. The van der Waals surface area contributed by atoms with E-state index in [0.29, 0.717) is 37.6 Å². The number of rotatable bonds is 5. The van der Waals surface area contributed by atoms with Crippen molar-refractivity contribution < 1.29 is 17.9 Å². The fraction of sp³-hybridized carbons (Fsp3) is 0.360. The van der Waals surface area contributed by atoms with Crippen LogP contribution in [-0.4, -0.2) is 63.0 Å². The highest BCUT2D eigenvalue weighted by Gasteiger charge is 2.29. The molecule has 1 amide bonds. The number of pyridine rings is 1. The summed E-state index contributed by atoms with van der Waals surface area (Å²) in [6, 6.07) is 14.2. The number of nitrogens with one attached hydrogen (secondary N) is 1. The van der Waals surface area contributed by atoms with Crippen LogP contribution in [0.5, 0.6) is 0 Å². The van der Waals surface area contributed by atoms with Crippen LogP contribution in [0.4, 0.5) is 11.4 Å². The quantitative estimate of drug-likeness (QED) is 0.601. The van der Waals surface area contributed by atoms with E-state index >= 15 is 0 Å². The Hall–Kier alpha value is -3.01. The number of sulfonamides is 1. The Morgan fingerprint density at radius 2 is 1.74 bits per heavy atom. The fourth-order valence-corrected chi connectivity index (χ4v) is 6.04. The van der Waals surface area contributed by atoms with Crippen LogP contribution in [0.2, 0.25) is 0 Å². The maximum absolute atomic E-state index is 13.6. The maximum atomic E-state index is 13.6. The fourth-order valence-electron chi connectivity index (χ4n) is 4.61. The highest BCUT2D eigenvalue weighted by molar-refractivity contribution is 7.89. The summed E-state index contributed by atoms with van der Waals surface area (Å²) < 4.78 is 33.3. The van der Waals surface area contributed by atoms with Crippen molar-refractivity contribution in [2.45, 2.75) is 24.2 Å². The Balaban J connectivity index is 1.53. The zero-order chi connectivity index (χ0) is 23.5. The molecular formula is C25H28N4O4S. The van der Waals surface area contributed by atoms with Crippen LogP contribution in [0.25, 0.3) is 10.9 Å². The van der Waals surface area contributed by atoms with Gasteiger partial charge in [-0.3, -0.25) is 9.78 Å². The van der Waals surface area contributed by atoms with Crippen molar-refractivity contribution in [3.63, 3.8) is 0 Å². The lowest BCUT2D eigenvalue weighted by Gasteiger charge is -2.31. The van der Waals surface area contributed by atoms with Gasteiger partial charge in [-0.15, -0.1) is 0 Å². The number of anilines is 2. The number of hydrogen-bond acceptors (Lipinski definition) is 6. The van der Waals surface area contributed by atoms with E-state index in [2.05, 4.69) is 15.2 Å². The summed E-state index contributed by atoms with van der Waals surface area (Å²) in [4.78, 5) is 20.2.